The highest BCUT2D eigenvalue weighted by Gasteiger charge is 2.30. The Balaban J connectivity index is 1.83. The van der Waals surface area contributed by atoms with E-state index in [0.29, 0.717) is 6.54 Å². The number of piperazine rings is 1. The highest BCUT2D eigenvalue weighted by molar-refractivity contribution is 7.12. The van der Waals surface area contributed by atoms with Gasteiger partial charge < -0.3 is 9.64 Å². The third kappa shape index (κ3) is 2.87. The van der Waals surface area contributed by atoms with Gasteiger partial charge in [-0.1, -0.05) is 24.3 Å². The first-order valence-corrected chi connectivity index (χ1v) is 8.24. The summed E-state index contributed by atoms with van der Waals surface area (Å²) >= 11 is 1.50. The number of hydrogen-bond donors (Lipinski definition) is 0. The van der Waals surface area contributed by atoms with E-state index >= 15 is 0 Å². The second kappa shape index (κ2) is 6.50. The largest absolute Gasteiger partial charge is 0.496 e. The molecule has 1 saturated heterocycles. The van der Waals surface area contributed by atoms with Crippen LogP contribution in [0.15, 0.2) is 41.8 Å². The molecule has 0 saturated carbocycles. The number of thiophene rings is 1. The normalized spacial score (nSPS) is 19.2. The van der Waals surface area contributed by atoms with Crippen LogP contribution in [0.1, 0.15) is 21.3 Å². The number of likely N-dealkylation sites (N-methyl/N-ethyl adjacent to an activating group) is 1. The van der Waals surface area contributed by atoms with Crippen LogP contribution in [0.3, 0.4) is 0 Å². The summed E-state index contributed by atoms with van der Waals surface area (Å²) in [5.41, 5.74) is 1.14. The van der Waals surface area contributed by atoms with Crippen molar-refractivity contribution < 1.29 is 9.53 Å². The Morgan fingerprint density at radius 2 is 2.05 bits per heavy atom. The lowest BCUT2D eigenvalue weighted by atomic mass is 10.0. The Morgan fingerprint density at radius 3 is 2.77 bits per heavy atom. The molecule has 3 rings (SSSR count). The molecule has 5 heteroatoms. The second-order valence-electron chi connectivity index (χ2n) is 5.47. The lowest BCUT2D eigenvalue weighted by molar-refractivity contribution is 0.0547. The van der Waals surface area contributed by atoms with Gasteiger partial charge in [0.25, 0.3) is 5.91 Å². The fraction of sp³-hybridized carbons (Fsp3) is 0.353. The minimum Gasteiger partial charge on any atom is -0.496 e. The SMILES string of the molecule is COc1ccccc1[C@@H]1CN(C(=O)c2cccs2)CCN1C. The van der Waals surface area contributed by atoms with Crippen LogP contribution in [-0.4, -0.2) is 49.5 Å². The molecule has 1 aromatic heterocycles. The second-order valence-corrected chi connectivity index (χ2v) is 6.41. The monoisotopic (exact) mass is 316 g/mol. The lowest BCUT2D eigenvalue weighted by Gasteiger charge is -2.40. The topological polar surface area (TPSA) is 32.8 Å². The van der Waals surface area contributed by atoms with Crippen molar-refractivity contribution in [1.82, 2.24) is 9.80 Å². The Bertz CT molecular complexity index is 642. The third-order valence-corrected chi connectivity index (χ3v) is 5.02. The van der Waals surface area contributed by atoms with E-state index in [-0.39, 0.29) is 11.9 Å². The maximum atomic E-state index is 12.6. The number of amides is 1. The first-order chi connectivity index (χ1) is 10.7. The van der Waals surface area contributed by atoms with E-state index < -0.39 is 0 Å². The number of rotatable bonds is 3. The van der Waals surface area contributed by atoms with E-state index in [9.17, 15) is 4.79 Å². The Hall–Kier alpha value is -1.85. The molecule has 116 valence electrons. The van der Waals surface area contributed by atoms with Crippen molar-refractivity contribution in [1.29, 1.82) is 0 Å². The van der Waals surface area contributed by atoms with Crippen molar-refractivity contribution in [2.24, 2.45) is 0 Å². The van der Waals surface area contributed by atoms with Crippen molar-refractivity contribution in [3.8, 4) is 5.75 Å². The maximum absolute atomic E-state index is 12.6. The summed E-state index contributed by atoms with van der Waals surface area (Å²) in [5.74, 6) is 1.01. The van der Waals surface area contributed by atoms with Crippen molar-refractivity contribution in [2.45, 2.75) is 6.04 Å². The Labute approximate surface area is 134 Å². The summed E-state index contributed by atoms with van der Waals surface area (Å²) in [6.45, 7) is 2.31. The van der Waals surface area contributed by atoms with E-state index in [4.69, 9.17) is 4.74 Å². The molecule has 1 aliphatic rings. The molecule has 0 unspecified atom stereocenters. The predicted molar refractivity (Wildman–Crippen MR) is 88.6 cm³/mol. The van der Waals surface area contributed by atoms with Crippen LogP contribution in [0.2, 0.25) is 0 Å². The molecule has 0 N–H and O–H groups in total. The first kappa shape index (κ1) is 15.1. The molecule has 0 aliphatic carbocycles. The van der Waals surface area contributed by atoms with E-state index in [1.165, 1.54) is 11.3 Å². The predicted octanol–water partition coefficient (Wildman–Crippen LogP) is 2.89. The summed E-state index contributed by atoms with van der Waals surface area (Å²) in [7, 11) is 3.79. The molecule has 0 spiro atoms. The van der Waals surface area contributed by atoms with Crippen LogP contribution in [0.25, 0.3) is 0 Å². The number of methoxy groups -OCH3 is 1. The highest BCUT2D eigenvalue weighted by atomic mass is 32.1. The number of benzene rings is 1. The molecule has 1 fully saturated rings. The summed E-state index contributed by atoms with van der Waals surface area (Å²) in [5, 5.41) is 1.95. The van der Waals surface area contributed by atoms with Gasteiger partial charge in [0, 0.05) is 25.2 Å². The average molecular weight is 316 g/mol. The van der Waals surface area contributed by atoms with Gasteiger partial charge in [-0.15, -0.1) is 11.3 Å². The minimum atomic E-state index is 0.128. The molecule has 2 aromatic rings. The van der Waals surface area contributed by atoms with Gasteiger partial charge in [-0.25, -0.2) is 0 Å². The van der Waals surface area contributed by atoms with Crippen molar-refractivity contribution in [2.75, 3.05) is 33.8 Å². The molecule has 1 amide bonds. The van der Waals surface area contributed by atoms with E-state index in [2.05, 4.69) is 18.0 Å². The van der Waals surface area contributed by atoms with Crippen LogP contribution < -0.4 is 4.74 Å². The third-order valence-electron chi connectivity index (χ3n) is 4.17. The maximum Gasteiger partial charge on any atom is 0.264 e. The zero-order valence-corrected chi connectivity index (χ0v) is 13.7. The van der Waals surface area contributed by atoms with E-state index in [1.54, 1.807) is 7.11 Å². The zero-order chi connectivity index (χ0) is 15.5. The first-order valence-electron chi connectivity index (χ1n) is 7.36. The van der Waals surface area contributed by atoms with E-state index in [1.807, 2.05) is 40.6 Å². The van der Waals surface area contributed by atoms with Gasteiger partial charge in [-0.3, -0.25) is 9.69 Å². The summed E-state index contributed by atoms with van der Waals surface area (Å²) in [6, 6.07) is 12.0. The lowest BCUT2D eigenvalue weighted by Crippen LogP contribution is -2.48. The number of carbonyl (C=O) groups excluding carboxylic acids is 1. The number of hydrogen-bond acceptors (Lipinski definition) is 4. The van der Waals surface area contributed by atoms with Gasteiger partial charge in [-0.2, -0.15) is 0 Å². The van der Waals surface area contributed by atoms with Gasteiger partial charge in [-0.05, 0) is 24.6 Å². The van der Waals surface area contributed by atoms with Crippen LogP contribution in [0, 0.1) is 0 Å². The van der Waals surface area contributed by atoms with Crippen LogP contribution >= 0.6 is 11.3 Å². The quantitative estimate of drug-likeness (QED) is 0.873. The number of nitrogens with zero attached hydrogens (tertiary/aromatic N) is 2. The van der Waals surface area contributed by atoms with Gasteiger partial charge in [0.05, 0.1) is 18.0 Å². The van der Waals surface area contributed by atoms with Gasteiger partial charge in [0.1, 0.15) is 5.75 Å². The smallest absolute Gasteiger partial charge is 0.264 e. The van der Waals surface area contributed by atoms with Gasteiger partial charge >= 0.3 is 0 Å². The standard InChI is InChI=1S/C17H20N2O2S/c1-18-9-10-19(17(20)16-8-5-11-22-16)12-14(18)13-6-3-4-7-15(13)21-2/h3-8,11,14H,9-10,12H2,1-2H3/t14-/m0/s1. The van der Waals surface area contributed by atoms with Crippen molar-refractivity contribution in [3.05, 3.63) is 52.2 Å². The molecular formula is C17H20N2O2S. The molecule has 2 heterocycles. The Kier molecular flexibility index (Phi) is 4.45. The molecule has 1 aromatic carbocycles. The number of ether oxygens (including phenoxy) is 1. The molecular weight excluding hydrogens is 296 g/mol. The highest BCUT2D eigenvalue weighted by Crippen LogP contribution is 2.31. The number of carbonyl (C=O) groups is 1. The number of para-hydroxylation sites is 1. The molecule has 1 atom stereocenters. The van der Waals surface area contributed by atoms with Crippen molar-refractivity contribution in [3.63, 3.8) is 0 Å². The molecule has 22 heavy (non-hydrogen) atoms. The fourth-order valence-electron chi connectivity index (χ4n) is 2.89. The van der Waals surface area contributed by atoms with Crippen LogP contribution in [-0.2, 0) is 0 Å². The molecule has 4 nitrogen and oxygen atoms in total. The summed E-state index contributed by atoms with van der Waals surface area (Å²) in [6.07, 6.45) is 0. The summed E-state index contributed by atoms with van der Waals surface area (Å²) in [4.78, 5) is 17.6. The molecule has 1 aliphatic heterocycles. The van der Waals surface area contributed by atoms with E-state index in [0.717, 1.165) is 29.3 Å². The van der Waals surface area contributed by atoms with Crippen LogP contribution in [0.4, 0.5) is 0 Å². The van der Waals surface area contributed by atoms with Gasteiger partial charge in [0.2, 0.25) is 0 Å². The fourth-order valence-corrected chi connectivity index (χ4v) is 3.58. The zero-order valence-electron chi connectivity index (χ0n) is 12.9. The van der Waals surface area contributed by atoms with Crippen molar-refractivity contribution >= 4 is 17.2 Å². The Morgan fingerprint density at radius 1 is 1.23 bits per heavy atom. The minimum absolute atomic E-state index is 0.128. The average Bonchev–Trinajstić information content (AvgIpc) is 3.09. The summed E-state index contributed by atoms with van der Waals surface area (Å²) < 4.78 is 5.49. The van der Waals surface area contributed by atoms with Gasteiger partial charge in [0.15, 0.2) is 0 Å². The van der Waals surface area contributed by atoms with Crippen LogP contribution in [0.5, 0.6) is 5.75 Å². The molecule has 0 bridgehead atoms. The molecule has 0 radical (unpaired) electrons.